The molecule has 1 atom stereocenters. The summed E-state index contributed by atoms with van der Waals surface area (Å²) in [5, 5.41) is 0. The first-order valence-electron chi connectivity index (χ1n) is 4.20. The van der Waals surface area contributed by atoms with E-state index in [2.05, 4.69) is 5.48 Å². The van der Waals surface area contributed by atoms with E-state index in [9.17, 15) is 0 Å². The number of hydrogen-bond acceptors (Lipinski definition) is 5. The molecule has 0 aromatic carbocycles. The molecule has 0 unspecified atom stereocenters. The molecule has 0 radical (unpaired) electrons. The quantitative estimate of drug-likeness (QED) is 0.620. The molecule has 0 bridgehead atoms. The van der Waals surface area contributed by atoms with Crippen molar-refractivity contribution < 1.29 is 19.0 Å². The van der Waals surface area contributed by atoms with Crippen LogP contribution in [0.3, 0.4) is 0 Å². The van der Waals surface area contributed by atoms with Crippen LogP contribution < -0.4 is 5.48 Å². The third kappa shape index (κ3) is 1.83. The van der Waals surface area contributed by atoms with Gasteiger partial charge in [-0.25, -0.2) is 0 Å². The number of rotatable bonds is 3. The Morgan fingerprint density at radius 1 is 1.54 bits per heavy atom. The van der Waals surface area contributed by atoms with Gasteiger partial charge in [-0.2, -0.15) is 0 Å². The Labute approximate surface area is 76.6 Å². The molecule has 0 fully saturated rings. The Kier molecular flexibility index (Phi) is 2.80. The lowest BCUT2D eigenvalue weighted by molar-refractivity contribution is -0.0874. The minimum atomic E-state index is -0.0290. The number of hydrogen-bond donors (Lipinski definition) is 1. The van der Waals surface area contributed by atoms with Gasteiger partial charge in [0.05, 0.1) is 18.9 Å². The van der Waals surface area contributed by atoms with Crippen LogP contribution in [-0.2, 0) is 19.0 Å². The SMILES string of the molecule is COCO[C@H]1COCC2=C1CON2. The summed E-state index contributed by atoms with van der Waals surface area (Å²) in [4.78, 5) is 5.08. The zero-order chi connectivity index (χ0) is 9.10. The topological polar surface area (TPSA) is 49.0 Å². The van der Waals surface area contributed by atoms with Crippen LogP contribution in [0, 0.1) is 0 Å². The molecule has 0 aromatic rings. The lowest BCUT2D eigenvalue weighted by Crippen LogP contribution is -2.30. The van der Waals surface area contributed by atoms with Gasteiger partial charge in [-0.05, 0) is 0 Å². The molecular weight excluding hydrogens is 174 g/mol. The van der Waals surface area contributed by atoms with Crippen LogP contribution in [0.25, 0.3) is 0 Å². The van der Waals surface area contributed by atoms with Crippen molar-refractivity contribution >= 4 is 0 Å². The van der Waals surface area contributed by atoms with Crippen LogP contribution in [0.4, 0.5) is 0 Å². The van der Waals surface area contributed by atoms with Crippen molar-refractivity contribution in [2.24, 2.45) is 0 Å². The molecule has 74 valence electrons. The van der Waals surface area contributed by atoms with Gasteiger partial charge in [-0.1, -0.05) is 0 Å². The number of nitrogens with one attached hydrogen (secondary N) is 1. The van der Waals surface area contributed by atoms with Crippen LogP contribution >= 0.6 is 0 Å². The van der Waals surface area contributed by atoms with Crippen molar-refractivity contribution in [3.8, 4) is 0 Å². The van der Waals surface area contributed by atoms with E-state index in [1.807, 2.05) is 0 Å². The van der Waals surface area contributed by atoms with E-state index >= 15 is 0 Å². The largest absolute Gasteiger partial charge is 0.372 e. The summed E-state index contributed by atoms with van der Waals surface area (Å²) in [6, 6.07) is 0. The maximum atomic E-state index is 5.42. The third-order valence-electron chi connectivity index (χ3n) is 2.10. The highest BCUT2D eigenvalue weighted by molar-refractivity contribution is 5.22. The monoisotopic (exact) mass is 187 g/mol. The van der Waals surface area contributed by atoms with Crippen LogP contribution in [0.15, 0.2) is 11.3 Å². The van der Waals surface area contributed by atoms with Gasteiger partial charge in [0.2, 0.25) is 0 Å². The first-order valence-corrected chi connectivity index (χ1v) is 4.20. The lowest BCUT2D eigenvalue weighted by Gasteiger charge is -2.23. The Morgan fingerprint density at radius 2 is 2.46 bits per heavy atom. The smallest absolute Gasteiger partial charge is 0.147 e. The average Bonchev–Trinajstić information content (AvgIpc) is 2.62. The summed E-state index contributed by atoms with van der Waals surface area (Å²) >= 11 is 0. The van der Waals surface area contributed by atoms with Crippen LogP contribution in [0.5, 0.6) is 0 Å². The van der Waals surface area contributed by atoms with Crippen molar-refractivity contribution in [2.75, 3.05) is 33.7 Å². The van der Waals surface area contributed by atoms with E-state index < -0.39 is 0 Å². The highest BCUT2D eigenvalue weighted by Crippen LogP contribution is 2.21. The van der Waals surface area contributed by atoms with E-state index in [1.54, 1.807) is 7.11 Å². The number of ether oxygens (including phenoxy) is 3. The Morgan fingerprint density at radius 3 is 3.31 bits per heavy atom. The predicted molar refractivity (Wildman–Crippen MR) is 43.7 cm³/mol. The van der Waals surface area contributed by atoms with Gasteiger partial charge in [0.25, 0.3) is 0 Å². The summed E-state index contributed by atoms with van der Waals surface area (Å²) in [6.45, 7) is 2.02. The Hall–Kier alpha value is -0.620. The standard InChI is InChI=1S/C8H13NO4/c1-10-5-12-8-4-11-3-7-6(8)2-13-9-7/h8-9H,2-5H2,1H3/t8-/m0/s1. The molecule has 0 saturated carbocycles. The van der Waals surface area contributed by atoms with Crippen LogP contribution in [-0.4, -0.2) is 39.8 Å². The minimum Gasteiger partial charge on any atom is -0.372 e. The molecule has 2 aliphatic rings. The van der Waals surface area contributed by atoms with Gasteiger partial charge in [0, 0.05) is 12.7 Å². The molecule has 5 heteroatoms. The van der Waals surface area contributed by atoms with Gasteiger partial charge in [-0.3, -0.25) is 10.3 Å². The van der Waals surface area contributed by atoms with Crippen LogP contribution in [0.2, 0.25) is 0 Å². The van der Waals surface area contributed by atoms with Gasteiger partial charge in [-0.15, -0.1) is 0 Å². The van der Waals surface area contributed by atoms with Gasteiger partial charge < -0.3 is 14.2 Å². The zero-order valence-electron chi connectivity index (χ0n) is 7.54. The fourth-order valence-electron chi connectivity index (χ4n) is 1.43. The summed E-state index contributed by atoms with van der Waals surface area (Å²) in [5.74, 6) is 0. The fourth-order valence-corrected chi connectivity index (χ4v) is 1.43. The summed E-state index contributed by atoms with van der Waals surface area (Å²) in [6.07, 6.45) is -0.0290. The summed E-state index contributed by atoms with van der Waals surface area (Å²) in [7, 11) is 1.60. The molecule has 5 nitrogen and oxygen atoms in total. The molecule has 0 spiro atoms. The summed E-state index contributed by atoms with van der Waals surface area (Å²) in [5.41, 5.74) is 4.93. The van der Waals surface area contributed by atoms with E-state index in [1.165, 1.54) is 0 Å². The molecule has 2 heterocycles. The highest BCUT2D eigenvalue weighted by Gasteiger charge is 2.28. The Bertz CT molecular complexity index is 216. The molecule has 1 N–H and O–H groups in total. The second-order valence-corrected chi connectivity index (χ2v) is 2.97. The number of methoxy groups -OCH3 is 1. The minimum absolute atomic E-state index is 0.0290. The molecule has 0 saturated heterocycles. The van der Waals surface area contributed by atoms with E-state index in [0.29, 0.717) is 19.8 Å². The maximum Gasteiger partial charge on any atom is 0.147 e. The molecular formula is C8H13NO4. The lowest BCUT2D eigenvalue weighted by atomic mass is 10.1. The normalized spacial score (nSPS) is 27.3. The fraction of sp³-hybridized carbons (Fsp3) is 0.750. The average molecular weight is 187 g/mol. The van der Waals surface area contributed by atoms with Gasteiger partial charge in [0.15, 0.2) is 0 Å². The zero-order valence-corrected chi connectivity index (χ0v) is 7.54. The van der Waals surface area contributed by atoms with Crippen molar-refractivity contribution in [1.82, 2.24) is 5.48 Å². The molecule has 0 aliphatic carbocycles. The van der Waals surface area contributed by atoms with E-state index in [-0.39, 0.29) is 12.9 Å². The summed E-state index contributed by atoms with van der Waals surface area (Å²) < 4.78 is 15.6. The van der Waals surface area contributed by atoms with Crippen molar-refractivity contribution in [3.63, 3.8) is 0 Å². The maximum absolute atomic E-state index is 5.42. The molecule has 0 amide bonds. The highest BCUT2D eigenvalue weighted by atomic mass is 16.7. The third-order valence-corrected chi connectivity index (χ3v) is 2.10. The van der Waals surface area contributed by atoms with E-state index in [0.717, 1.165) is 11.3 Å². The van der Waals surface area contributed by atoms with Gasteiger partial charge >= 0.3 is 0 Å². The van der Waals surface area contributed by atoms with Crippen molar-refractivity contribution in [2.45, 2.75) is 6.10 Å². The van der Waals surface area contributed by atoms with E-state index in [4.69, 9.17) is 19.0 Å². The predicted octanol–water partition coefficient (Wildman–Crippen LogP) is -0.205. The number of hydroxylamine groups is 1. The first kappa shape index (κ1) is 8.96. The van der Waals surface area contributed by atoms with Crippen LogP contribution in [0.1, 0.15) is 0 Å². The van der Waals surface area contributed by atoms with Crippen molar-refractivity contribution in [1.29, 1.82) is 0 Å². The first-order chi connectivity index (χ1) is 6.42. The van der Waals surface area contributed by atoms with Gasteiger partial charge in [0.1, 0.15) is 19.5 Å². The Balaban J connectivity index is 1.98. The molecule has 2 rings (SSSR count). The molecule has 13 heavy (non-hydrogen) atoms. The molecule has 0 aromatic heterocycles. The van der Waals surface area contributed by atoms with Crippen molar-refractivity contribution in [3.05, 3.63) is 11.3 Å². The molecule has 2 aliphatic heterocycles. The second-order valence-electron chi connectivity index (χ2n) is 2.97. The second kappa shape index (κ2) is 4.06.